The van der Waals surface area contributed by atoms with Crippen LogP contribution in [0.3, 0.4) is 0 Å². The molecule has 0 aliphatic carbocycles. The van der Waals surface area contributed by atoms with Gasteiger partial charge < -0.3 is 14.2 Å². The first-order valence-corrected chi connectivity index (χ1v) is 13.5. The van der Waals surface area contributed by atoms with E-state index in [0.29, 0.717) is 45.9 Å². The molecule has 35 heavy (non-hydrogen) atoms. The minimum Gasteiger partial charge on any atom is -0.490 e. The van der Waals surface area contributed by atoms with Crippen molar-refractivity contribution in [3.63, 3.8) is 0 Å². The van der Waals surface area contributed by atoms with Gasteiger partial charge in [-0.2, -0.15) is 0 Å². The summed E-state index contributed by atoms with van der Waals surface area (Å²) in [6, 6.07) is 11.8. The van der Waals surface area contributed by atoms with E-state index in [0.717, 1.165) is 28.2 Å². The van der Waals surface area contributed by atoms with Crippen LogP contribution < -0.4 is 9.47 Å². The van der Waals surface area contributed by atoms with Crippen molar-refractivity contribution in [1.82, 2.24) is 4.90 Å². The number of halogens is 1. The summed E-state index contributed by atoms with van der Waals surface area (Å²) in [6.07, 6.45) is 3.29. The zero-order chi connectivity index (χ0) is 25.4. The third-order valence-corrected chi connectivity index (χ3v) is 6.87. The molecule has 0 N–H and O–H groups in total. The van der Waals surface area contributed by atoms with Crippen molar-refractivity contribution < 1.29 is 23.8 Å². The minimum absolute atomic E-state index is 0.271. The third-order valence-electron chi connectivity index (χ3n) is 4.95. The average molecular weight is 579 g/mol. The second kappa shape index (κ2) is 13.1. The number of amides is 1. The Balaban J connectivity index is 1.96. The molecular formula is C26H28BrNO5S2. The summed E-state index contributed by atoms with van der Waals surface area (Å²) in [6.45, 7) is 7.15. The topological polar surface area (TPSA) is 65.1 Å². The molecule has 1 heterocycles. The van der Waals surface area contributed by atoms with Gasteiger partial charge in [-0.25, -0.2) is 4.79 Å². The lowest BCUT2D eigenvalue weighted by molar-refractivity contribution is -0.151. The molecule has 0 aromatic heterocycles. The largest absolute Gasteiger partial charge is 0.490 e. The van der Waals surface area contributed by atoms with Crippen molar-refractivity contribution in [2.45, 2.75) is 39.7 Å². The maximum atomic E-state index is 13.5. The molecule has 1 amide bonds. The monoisotopic (exact) mass is 577 g/mol. The lowest BCUT2D eigenvalue weighted by atomic mass is 10.1. The maximum absolute atomic E-state index is 13.5. The van der Waals surface area contributed by atoms with Gasteiger partial charge in [0.25, 0.3) is 5.91 Å². The van der Waals surface area contributed by atoms with E-state index in [1.807, 2.05) is 51.1 Å². The number of esters is 1. The van der Waals surface area contributed by atoms with E-state index in [9.17, 15) is 9.59 Å². The Kier molecular flexibility index (Phi) is 10.2. The summed E-state index contributed by atoms with van der Waals surface area (Å²) >= 11 is 10.3. The first-order valence-electron chi connectivity index (χ1n) is 11.5. The van der Waals surface area contributed by atoms with E-state index < -0.39 is 12.0 Å². The molecule has 2 aromatic carbocycles. The molecule has 1 saturated heterocycles. The third kappa shape index (κ3) is 6.65. The Morgan fingerprint density at radius 3 is 2.49 bits per heavy atom. The zero-order valence-corrected chi connectivity index (χ0v) is 23.1. The van der Waals surface area contributed by atoms with Crippen LogP contribution in [0, 0.1) is 0 Å². The van der Waals surface area contributed by atoms with Crippen LogP contribution in [0.4, 0.5) is 0 Å². The van der Waals surface area contributed by atoms with Gasteiger partial charge in [0.05, 0.1) is 29.2 Å². The van der Waals surface area contributed by atoms with Gasteiger partial charge >= 0.3 is 5.97 Å². The lowest BCUT2D eigenvalue weighted by Gasteiger charge is -2.25. The summed E-state index contributed by atoms with van der Waals surface area (Å²) in [5.41, 5.74) is 1.39. The van der Waals surface area contributed by atoms with Crippen LogP contribution in [0.15, 0.2) is 51.8 Å². The molecule has 1 unspecified atom stereocenters. The predicted molar refractivity (Wildman–Crippen MR) is 147 cm³/mol. The molecule has 0 spiro atoms. The molecule has 1 aliphatic heterocycles. The Morgan fingerprint density at radius 2 is 1.83 bits per heavy atom. The molecule has 3 rings (SSSR count). The van der Waals surface area contributed by atoms with Gasteiger partial charge in [-0.15, -0.1) is 0 Å². The number of carbonyl (C=O) groups excluding carboxylic acids is 2. The number of thiocarbonyl (C=S) groups is 1. The number of nitrogens with zero attached hydrogens (tertiary/aromatic N) is 1. The molecule has 2 aromatic rings. The Bertz CT molecular complexity index is 1110. The first kappa shape index (κ1) is 27.2. The molecule has 0 radical (unpaired) electrons. The molecule has 1 fully saturated rings. The molecule has 0 saturated carbocycles. The lowest BCUT2D eigenvalue weighted by Crippen LogP contribution is -2.38. The molecule has 186 valence electrons. The summed E-state index contributed by atoms with van der Waals surface area (Å²) < 4.78 is 18.1. The number of thioether (sulfide) groups is 1. The number of hydrogen-bond donors (Lipinski definition) is 0. The maximum Gasteiger partial charge on any atom is 0.333 e. The first-order chi connectivity index (χ1) is 16.9. The van der Waals surface area contributed by atoms with Crippen LogP contribution in [0.25, 0.3) is 6.08 Å². The van der Waals surface area contributed by atoms with Gasteiger partial charge in [-0.1, -0.05) is 68.2 Å². The second-order valence-electron chi connectivity index (χ2n) is 7.64. The van der Waals surface area contributed by atoms with E-state index in [-0.39, 0.29) is 12.5 Å². The fraction of sp³-hybridized carbons (Fsp3) is 0.346. The minimum atomic E-state index is -0.948. The van der Waals surface area contributed by atoms with Gasteiger partial charge in [0, 0.05) is 0 Å². The highest BCUT2D eigenvalue weighted by atomic mass is 79.9. The highest BCUT2D eigenvalue weighted by Crippen LogP contribution is 2.41. The molecule has 0 bridgehead atoms. The average Bonchev–Trinajstić information content (AvgIpc) is 3.11. The van der Waals surface area contributed by atoms with E-state index in [4.69, 9.17) is 26.4 Å². The predicted octanol–water partition coefficient (Wildman–Crippen LogP) is 6.53. The fourth-order valence-electron chi connectivity index (χ4n) is 3.44. The van der Waals surface area contributed by atoms with E-state index in [2.05, 4.69) is 15.9 Å². The normalized spacial score (nSPS) is 15.4. The van der Waals surface area contributed by atoms with Gasteiger partial charge in [-0.3, -0.25) is 9.69 Å². The molecular weight excluding hydrogens is 550 g/mol. The summed E-state index contributed by atoms with van der Waals surface area (Å²) in [5, 5.41) is 0. The fourth-order valence-corrected chi connectivity index (χ4v) is 5.33. The van der Waals surface area contributed by atoms with Gasteiger partial charge in [0.15, 0.2) is 17.5 Å². The van der Waals surface area contributed by atoms with Gasteiger partial charge in [0.2, 0.25) is 0 Å². The van der Waals surface area contributed by atoms with Crippen LogP contribution in [0.1, 0.15) is 50.8 Å². The zero-order valence-electron chi connectivity index (χ0n) is 19.9. The Labute approximate surface area is 224 Å². The quantitative estimate of drug-likeness (QED) is 0.171. The molecule has 1 atom stereocenters. The van der Waals surface area contributed by atoms with Crippen LogP contribution in [-0.2, 0) is 14.3 Å². The van der Waals surface area contributed by atoms with Crippen LogP contribution in [0.5, 0.6) is 11.5 Å². The van der Waals surface area contributed by atoms with Crippen molar-refractivity contribution in [3.8, 4) is 11.5 Å². The van der Waals surface area contributed by atoms with Crippen molar-refractivity contribution in [2.24, 2.45) is 0 Å². The molecule has 1 aliphatic rings. The van der Waals surface area contributed by atoms with Gasteiger partial charge in [-0.05, 0) is 65.0 Å². The van der Waals surface area contributed by atoms with E-state index in [1.54, 1.807) is 18.2 Å². The summed E-state index contributed by atoms with van der Waals surface area (Å²) in [5.74, 6) is 0.362. The highest BCUT2D eigenvalue weighted by molar-refractivity contribution is 9.10. The number of ether oxygens (including phenoxy) is 3. The van der Waals surface area contributed by atoms with E-state index >= 15 is 0 Å². The summed E-state index contributed by atoms with van der Waals surface area (Å²) in [4.78, 5) is 28.2. The van der Waals surface area contributed by atoms with Crippen LogP contribution in [0.2, 0.25) is 0 Å². The van der Waals surface area contributed by atoms with Crippen LogP contribution >= 0.6 is 39.9 Å². The van der Waals surface area contributed by atoms with Crippen molar-refractivity contribution in [2.75, 3.05) is 19.8 Å². The smallest absolute Gasteiger partial charge is 0.333 e. The Morgan fingerprint density at radius 1 is 1.11 bits per heavy atom. The molecule has 6 nitrogen and oxygen atoms in total. The number of hydrogen-bond acceptors (Lipinski definition) is 7. The van der Waals surface area contributed by atoms with Crippen LogP contribution in [-0.4, -0.2) is 40.9 Å². The van der Waals surface area contributed by atoms with Crippen molar-refractivity contribution >= 4 is 62.2 Å². The summed E-state index contributed by atoms with van der Waals surface area (Å²) in [7, 11) is 0. The van der Waals surface area contributed by atoms with Crippen molar-refractivity contribution in [1.29, 1.82) is 0 Å². The number of carbonyl (C=O) groups is 2. The Hall–Kier alpha value is -2.36. The molecule has 9 heteroatoms. The SMILES string of the molecule is CCCOC(=O)C(c1ccccc1)N1C(=O)/C(=C/c2cc(Br)c(OCCC)c(OCC)c2)SC1=S. The number of rotatable bonds is 11. The van der Waals surface area contributed by atoms with E-state index in [1.165, 1.54) is 4.90 Å². The highest BCUT2D eigenvalue weighted by Gasteiger charge is 2.42. The second-order valence-corrected chi connectivity index (χ2v) is 10.2. The number of benzene rings is 2. The van der Waals surface area contributed by atoms with Gasteiger partial charge in [0.1, 0.15) is 4.32 Å². The van der Waals surface area contributed by atoms with Crippen molar-refractivity contribution in [3.05, 3.63) is 63.0 Å². The standard InChI is InChI=1S/C26H28BrNO5S2/c1-4-12-32-23-19(27)14-17(15-20(23)31-6-3)16-21-24(29)28(26(34)35-21)22(25(30)33-13-5-2)18-10-8-7-9-11-18/h7-11,14-16,22H,4-6,12-13H2,1-3H3/b21-16-.